The van der Waals surface area contributed by atoms with E-state index in [1.807, 2.05) is 6.92 Å². The Bertz CT molecular complexity index is 503. The average Bonchev–Trinajstić information content (AvgIpc) is 2.85. The van der Waals surface area contributed by atoms with Gasteiger partial charge in [-0.3, -0.25) is 0 Å². The number of hydrogen-bond donors (Lipinski definition) is 1. The first-order chi connectivity index (χ1) is 7.95. The van der Waals surface area contributed by atoms with Crippen LogP contribution in [0.1, 0.15) is 18.4 Å². The molecule has 8 heteroatoms. The van der Waals surface area contributed by atoms with Crippen LogP contribution in [0.5, 0.6) is 0 Å². The number of aryl methyl sites for hydroxylation is 1. The lowest BCUT2D eigenvalue weighted by molar-refractivity contribution is 0.406. The van der Waals surface area contributed by atoms with E-state index in [2.05, 4.69) is 4.98 Å². The summed E-state index contributed by atoms with van der Waals surface area (Å²) >= 11 is 1.22. The zero-order valence-corrected chi connectivity index (χ0v) is 12.8. The van der Waals surface area contributed by atoms with Crippen LogP contribution in [-0.4, -0.2) is 36.8 Å². The second-order valence-corrected chi connectivity index (χ2v) is 7.81. The molecule has 1 aromatic heterocycles. The number of aromatic nitrogens is 1. The molecule has 0 amide bonds. The topological polar surface area (TPSA) is 76.3 Å². The summed E-state index contributed by atoms with van der Waals surface area (Å²) in [4.78, 5) is 4.01. The monoisotopic (exact) mass is 311 g/mol. The Morgan fingerprint density at radius 3 is 2.72 bits per heavy atom. The van der Waals surface area contributed by atoms with Crippen molar-refractivity contribution in [3.05, 3.63) is 11.2 Å². The number of halogens is 1. The lowest BCUT2D eigenvalue weighted by atomic mass is 10.1. The molecule has 2 atom stereocenters. The highest BCUT2D eigenvalue weighted by Gasteiger charge is 2.38. The Hall–Kier alpha value is -0.210. The van der Waals surface area contributed by atoms with Crippen LogP contribution in [0.15, 0.2) is 10.4 Å². The van der Waals surface area contributed by atoms with E-state index in [9.17, 15) is 8.42 Å². The summed E-state index contributed by atoms with van der Waals surface area (Å²) in [5.41, 5.74) is 5.61. The van der Waals surface area contributed by atoms with Gasteiger partial charge in [-0.2, -0.15) is 4.31 Å². The number of nitrogens with two attached hydrogens (primary N) is 1. The highest BCUT2D eigenvalue weighted by Crippen LogP contribution is 2.30. The molecule has 2 N–H and O–H groups in total. The standard InChI is InChI=1S/C10H17N3O2S2.ClH/c1-7-3-9(4-11)6-13(7)17(14,15)10-5-12-8(2)16-10;/h5,7,9H,3-4,6,11H2,1-2H3;1H. The van der Waals surface area contributed by atoms with Crippen molar-refractivity contribution in [1.29, 1.82) is 0 Å². The van der Waals surface area contributed by atoms with E-state index in [-0.39, 0.29) is 24.4 Å². The molecule has 18 heavy (non-hydrogen) atoms. The lowest BCUT2D eigenvalue weighted by Gasteiger charge is -2.19. The van der Waals surface area contributed by atoms with Crippen molar-refractivity contribution in [3.63, 3.8) is 0 Å². The van der Waals surface area contributed by atoms with Gasteiger partial charge in [0.15, 0.2) is 4.21 Å². The van der Waals surface area contributed by atoms with Gasteiger partial charge in [0.25, 0.3) is 10.0 Å². The molecule has 1 aliphatic rings. The van der Waals surface area contributed by atoms with Crippen molar-refractivity contribution in [2.75, 3.05) is 13.1 Å². The van der Waals surface area contributed by atoms with E-state index in [0.717, 1.165) is 11.4 Å². The molecule has 2 heterocycles. The molecule has 1 fully saturated rings. The molecule has 104 valence electrons. The Labute approximate surface area is 118 Å². The normalized spacial score (nSPS) is 25.1. The molecule has 2 rings (SSSR count). The molecule has 2 unspecified atom stereocenters. The van der Waals surface area contributed by atoms with Crippen molar-refractivity contribution in [2.24, 2.45) is 11.7 Å². The Balaban J connectivity index is 0.00000162. The highest BCUT2D eigenvalue weighted by atomic mass is 35.5. The van der Waals surface area contributed by atoms with E-state index < -0.39 is 10.0 Å². The van der Waals surface area contributed by atoms with Gasteiger partial charge in [-0.15, -0.1) is 23.7 Å². The van der Waals surface area contributed by atoms with Gasteiger partial charge >= 0.3 is 0 Å². The van der Waals surface area contributed by atoms with E-state index in [0.29, 0.717) is 17.3 Å². The zero-order valence-electron chi connectivity index (χ0n) is 10.4. The van der Waals surface area contributed by atoms with E-state index in [1.165, 1.54) is 17.5 Å². The predicted octanol–water partition coefficient (Wildman–Crippen LogP) is 1.23. The van der Waals surface area contributed by atoms with Crippen LogP contribution in [-0.2, 0) is 10.0 Å². The van der Waals surface area contributed by atoms with Crippen molar-refractivity contribution in [3.8, 4) is 0 Å². The number of sulfonamides is 1. The first kappa shape index (κ1) is 15.8. The molecule has 0 aromatic carbocycles. The third-order valence-corrected chi connectivity index (χ3v) is 6.43. The number of hydrogen-bond acceptors (Lipinski definition) is 5. The molecule has 0 bridgehead atoms. The minimum absolute atomic E-state index is 0. The summed E-state index contributed by atoms with van der Waals surface area (Å²) in [5.74, 6) is 0.272. The van der Waals surface area contributed by atoms with Crippen molar-refractivity contribution < 1.29 is 8.42 Å². The Morgan fingerprint density at radius 1 is 1.61 bits per heavy atom. The molecule has 0 radical (unpaired) electrons. The molecule has 5 nitrogen and oxygen atoms in total. The lowest BCUT2D eigenvalue weighted by Crippen LogP contribution is -2.34. The van der Waals surface area contributed by atoms with E-state index in [1.54, 1.807) is 11.2 Å². The van der Waals surface area contributed by atoms with Crippen LogP contribution in [0, 0.1) is 12.8 Å². The number of rotatable bonds is 3. The summed E-state index contributed by atoms with van der Waals surface area (Å²) in [5, 5.41) is 0.769. The SMILES string of the molecule is Cc1ncc(S(=O)(=O)N2CC(CN)CC2C)s1.Cl. The van der Waals surface area contributed by atoms with E-state index in [4.69, 9.17) is 5.73 Å². The third-order valence-electron chi connectivity index (χ3n) is 3.10. The minimum atomic E-state index is -3.38. The van der Waals surface area contributed by atoms with E-state index >= 15 is 0 Å². The first-order valence-corrected chi connectivity index (χ1v) is 7.85. The quantitative estimate of drug-likeness (QED) is 0.911. The Morgan fingerprint density at radius 2 is 2.28 bits per heavy atom. The average molecular weight is 312 g/mol. The van der Waals surface area contributed by atoms with Crippen LogP contribution in [0.2, 0.25) is 0 Å². The number of nitrogens with zero attached hydrogens (tertiary/aromatic N) is 2. The fraction of sp³-hybridized carbons (Fsp3) is 0.700. The fourth-order valence-corrected chi connectivity index (χ4v) is 5.15. The van der Waals surface area contributed by atoms with Gasteiger partial charge in [-0.25, -0.2) is 13.4 Å². The second-order valence-electron chi connectivity index (χ2n) is 4.46. The number of thiazole rings is 1. The van der Waals surface area contributed by atoms with Crippen LogP contribution >= 0.6 is 23.7 Å². The summed E-state index contributed by atoms with van der Waals surface area (Å²) in [7, 11) is -3.38. The molecule has 0 spiro atoms. The maximum Gasteiger partial charge on any atom is 0.254 e. The molecule has 0 aliphatic carbocycles. The van der Waals surface area contributed by atoms with Crippen molar-refractivity contribution in [2.45, 2.75) is 30.5 Å². The van der Waals surface area contributed by atoms with Crippen molar-refractivity contribution >= 4 is 33.8 Å². The van der Waals surface area contributed by atoms with Gasteiger partial charge in [0.05, 0.1) is 11.2 Å². The maximum atomic E-state index is 12.4. The van der Waals surface area contributed by atoms with Crippen LogP contribution in [0.25, 0.3) is 0 Å². The van der Waals surface area contributed by atoms with Gasteiger partial charge in [-0.05, 0) is 32.7 Å². The molecular formula is C10H18ClN3O2S2. The second kappa shape index (κ2) is 5.83. The molecule has 0 saturated carbocycles. The summed E-state index contributed by atoms with van der Waals surface area (Å²) in [6.07, 6.45) is 2.28. The van der Waals surface area contributed by atoms with Gasteiger partial charge in [0, 0.05) is 12.6 Å². The molecule has 1 saturated heterocycles. The maximum absolute atomic E-state index is 12.4. The zero-order chi connectivity index (χ0) is 12.6. The van der Waals surface area contributed by atoms with Crippen molar-refractivity contribution in [1.82, 2.24) is 9.29 Å². The van der Waals surface area contributed by atoms with Gasteiger partial charge < -0.3 is 5.73 Å². The summed E-state index contributed by atoms with van der Waals surface area (Å²) in [6, 6.07) is 0.0240. The predicted molar refractivity (Wildman–Crippen MR) is 74.6 cm³/mol. The highest BCUT2D eigenvalue weighted by molar-refractivity contribution is 7.91. The first-order valence-electron chi connectivity index (χ1n) is 5.59. The van der Waals surface area contributed by atoms with Gasteiger partial charge in [0.1, 0.15) is 0 Å². The van der Waals surface area contributed by atoms with Crippen LogP contribution in [0.4, 0.5) is 0 Å². The largest absolute Gasteiger partial charge is 0.330 e. The summed E-state index contributed by atoms with van der Waals surface area (Å²) < 4.78 is 26.6. The minimum Gasteiger partial charge on any atom is -0.330 e. The molecule has 1 aliphatic heterocycles. The van der Waals surface area contributed by atoms with Gasteiger partial charge in [-0.1, -0.05) is 0 Å². The van der Waals surface area contributed by atoms with Crippen LogP contribution in [0.3, 0.4) is 0 Å². The third kappa shape index (κ3) is 2.85. The molecule has 1 aromatic rings. The smallest absolute Gasteiger partial charge is 0.254 e. The summed E-state index contributed by atoms with van der Waals surface area (Å²) in [6.45, 7) is 4.80. The Kier molecular flexibility index (Phi) is 5.13. The van der Waals surface area contributed by atoms with Crippen LogP contribution < -0.4 is 5.73 Å². The molecular weight excluding hydrogens is 294 g/mol. The van der Waals surface area contributed by atoms with Gasteiger partial charge in [0.2, 0.25) is 0 Å². The fourth-order valence-electron chi connectivity index (χ4n) is 2.19.